The number of aryl methyl sites for hydroxylation is 1. The van der Waals surface area contributed by atoms with Crippen molar-refractivity contribution in [3.05, 3.63) is 11.4 Å². The van der Waals surface area contributed by atoms with Gasteiger partial charge in [-0.05, 0) is 13.8 Å². The first-order valence-electron chi connectivity index (χ1n) is 5.65. The normalized spacial score (nSPS) is 19.3. The smallest absolute Gasteiger partial charge is 0.182 e. The van der Waals surface area contributed by atoms with Crippen molar-refractivity contribution in [2.45, 2.75) is 38.0 Å². The molecule has 0 saturated heterocycles. The Morgan fingerprint density at radius 3 is 2.67 bits per heavy atom. The monoisotopic (exact) mass is 268 g/mol. The van der Waals surface area contributed by atoms with Gasteiger partial charge in [0.25, 0.3) is 0 Å². The highest BCUT2D eigenvalue weighted by Crippen LogP contribution is 2.32. The minimum atomic E-state index is -0.362. The van der Waals surface area contributed by atoms with Crippen molar-refractivity contribution in [1.82, 2.24) is 15.0 Å². The summed E-state index contributed by atoms with van der Waals surface area (Å²) in [5.41, 5.74) is 1.32. The largest absolute Gasteiger partial charge is 0.389 e. The van der Waals surface area contributed by atoms with Gasteiger partial charge in [0, 0.05) is 20.4 Å². The maximum absolute atomic E-state index is 11.5. The fourth-order valence-corrected chi connectivity index (χ4v) is 2.16. The molecule has 0 radical (unpaired) electrons. The molecule has 1 aromatic rings. The molecule has 1 aliphatic heterocycles. The van der Waals surface area contributed by atoms with Crippen LogP contribution in [0.5, 0.6) is 0 Å². The van der Waals surface area contributed by atoms with Crippen LogP contribution in [0.15, 0.2) is 5.16 Å². The summed E-state index contributed by atoms with van der Waals surface area (Å²) >= 11 is 4.49. The molecular formula is C11H16N4O2S. The number of Topliss-reactive ketones (excluding diaryl/α,β-unsaturated/α-hetero) is 1. The number of ketones is 1. The number of thiol groups is 1. The predicted molar refractivity (Wildman–Crippen MR) is 70.0 cm³/mol. The maximum Gasteiger partial charge on any atom is 0.182 e. The topological polar surface area (TPSA) is 69.4 Å². The molecule has 18 heavy (non-hydrogen) atoms. The van der Waals surface area contributed by atoms with Crippen molar-refractivity contribution < 1.29 is 9.63 Å². The van der Waals surface area contributed by atoms with Crippen molar-refractivity contribution in [3.63, 3.8) is 0 Å². The van der Waals surface area contributed by atoms with Gasteiger partial charge in [-0.15, -0.1) is 0 Å². The van der Waals surface area contributed by atoms with Crippen LogP contribution in [0.25, 0.3) is 0 Å². The molecule has 98 valence electrons. The van der Waals surface area contributed by atoms with Gasteiger partial charge in [0.1, 0.15) is 11.3 Å². The highest BCUT2D eigenvalue weighted by molar-refractivity contribution is 7.81. The molecule has 1 aliphatic rings. The Bertz CT molecular complexity index is 521. The zero-order valence-electron chi connectivity index (χ0n) is 10.8. The van der Waals surface area contributed by atoms with E-state index in [0.717, 1.165) is 5.71 Å². The second kappa shape index (κ2) is 4.38. The average molecular weight is 268 g/mol. The zero-order valence-corrected chi connectivity index (χ0v) is 11.7. The van der Waals surface area contributed by atoms with Gasteiger partial charge in [-0.1, -0.05) is 5.16 Å². The van der Waals surface area contributed by atoms with Gasteiger partial charge >= 0.3 is 0 Å². The lowest BCUT2D eigenvalue weighted by molar-refractivity contribution is 0.0123. The van der Waals surface area contributed by atoms with Crippen LogP contribution in [-0.4, -0.2) is 32.1 Å². The molecule has 6 nitrogen and oxygen atoms in total. The Hall–Kier alpha value is -1.37. The average Bonchev–Trinajstić information content (AvgIpc) is 2.80. The van der Waals surface area contributed by atoms with Gasteiger partial charge < -0.3 is 4.84 Å². The fraction of sp³-hybridized carbons (Fsp3) is 0.636. The van der Waals surface area contributed by atoms with Gasteiger partial charge in [0.05, 0.1) is 11.0 Å². The van der Waals surface area contributed by atoms with Crippen LogP contribution in [0, 0.1) is 0 Å². The fourth-order valence-electron chi connectivity index (χ4n) is 1.84. The number of carbonyl (C=O) groups is 1. The maximum atomic E-state index is 11.5. The van der Waals surface area contributed by atoms with Crippen LogP contribution in [0.2, 0.25) is 0 Å². The van der Waals surface area contributed by atoms with Gasteiger partial charge in [0.2, 0.25) is 0 Å². The number of rotatable bonds is 3. The van der Waals surface area contributed by atoms with Crippen LogP contribution in [0.3, 0.4) is 0 Å². The predicted octanol–water partition coefficient (Wildman–Crippen LogP) is 1.54. The standard InChI is InChI=1S/C11H16N4O2S/c1-6(16)8-9(13-15(4)12-8)10(18)7-5-11(2,3)17-14-7/h10,18H,5H2,1-4H3. The van der Waals surface area contributed by atoms with E-state index >= 15 is 0 Å². The lowest BCUT2D eigenvalue weighted by Gasteiger charge is -2.14. The van der Waals surface area contributed by atoms with E-state index in [1.807, 2.05) is 13.8 Å². The van der Waals surface area contributed by atoms with E-state index in [0.29, 0.717) is 17.8 Å². The van der Waals surface area contributed by atoms with Gasteiger partial charge in [0.15, 0.2) is 11.5 Å². The van der Waals surface area contributed by atoms with Crippen molar-refractivity contribution in [2.24, 2.45) is 12.2 Å². The molecule has 1 atom stereocenters. The minimum absolute atomic E-state index is 0.129. The van der Waals surface area contributed by atoms with Crippen molar-refractivity contribution >= 4 is 24.1 Å². The third-order valence-corrected chi connectivity index (χ3v) is 3.21. The third kappa shape index (κ3) is 2.40. The molecule has 2 heterocycles. The molecule has 0 N–H and O–H groups in total. The van der Waals surface area contributed by atoms with E-state index in [2.05, 4.69) is 28.0 Å². The highest BCUT2D eigenvalue weighted by Gasteiger charge is 2.35. The summed E-state index contributed by atoms with van der Waals surface area (Å²) in [5.74, 6) is -0.129. The zero-order chi connectivity index (χ0) is 13.5. The third-order valence-electron chi connectivity index (χ3n) is 2.66. The summed E-state index contributed by atoms with van der Waals surface area (Å²) in [4.78, 5) is 18.2. The van der Waals surface area contributed by atoms with Crippen molar-refractivity contribution in [3.8, 4) is 0 Å². The van der Waals surface area contributed by atoms with Crippen LogP contribution < -0.4 is 0 Å². The molecule has 0 saturated carbocycles. The molecule has 0 amide bonds. The molecule has 1 aromatic heterocycles. The van der Waals surface area contributed by atoms with Gasteiger partial charge in [-0.3, -0.25) is 4.79 Å². The summed E-state index contributed by atoms with van der Waals surface area (Å²) in [6, 6.07) is 0. The van der Waals surface area contributed by atoms with Crippen molar-refractivity contribution in [2.75, 3.05) is 0 Å². The van der Waals surface area contributed by atoms with E-state index in [9.17, 15) is 4.79 Å². The van der Waals surface area contributed by atoms with E-state index in [4.69, 9.17) is 4.84 Å². The summed E-state index contributed by atoms with van der Waals surface area (Å²) in [6.07, 6.45) is 0.662. The number of carbonyl (C=O) groups excluding carboxylic acids is 1. The molecule has 0 spiro atoms. The summed E-state index contributed by atoms with van der Waals surface area (Å²) < 4.78 is 0. The first kappa shape index (κ1) is 13.1. The van der Waals surface area contributed by atoms with Gasteiger partial charge in [-0.2, -0.15) is 27.6 Å². The van der Waals surface area contributed by atoms with Crippen LogP contribution in [0.4, 0.5) is 0 Å². The lowest BCUT2D eigenvalue weighted by atomic mass is 9.99. The molecule has 0 aliphatic carbocycles. The number of oxime groups is 1. The highest BCUT2D eigenvalue weighted by atomic mass is 32.1. The van der Waals surface area contributed by atoms with E-state index in [1.165, 1.54) is 11.7 Å². The molecule has 0 fully saturated rings. The van der Waals surface area contributed by atoms with E-state index in [-0.39, 0.29) is 16.6 Å². The van der Waals surface area contributed by atoms with Crippen LogP contribution >= 0.6 is 12.6 Å². The molecule has 1 unspecified atom stereocenters. The Morgan fingerprint density at radius 2 is 2.17 bits per heavy atom. The lowest BCUT2D eigenvalue weighted by Crippen LogP contribution is -2.20. The van der Waals surface area contributed by atoms with Crippen molar-refractivity contribution in [1.29, 1.82) is 0 Å². The first-order valence-corrected chi connectivity index (χ1v) is 6.17. The second-order valence-electron chi connectivity index (χ2n) is 4.99. The molecule has 7 heteroatoms. The van der Waals surface area contributed by atoms with E-state index in [1.54, 1.807) is 7.05 Å². The Balaban J connectivity index is 2.30. The Labute approximate surface area is 111 Å². The van der Waals surface area contributed by atoms with Crippen LogP contribution in [-0.2, 0) is 11.9 Å². The number of nitrogens with zero attached hydrogens (tertiary/aromatic N) is 4. The number of hydrogen-bond acceptors (Lipinski definition) is 6. The van der Waals surface area contributed by atoms with Crippen LogP contribution in [0.1, 0.15) is 48.6 Å². The molecular weight excluding hydrogens is 252 g/mol. The number of hydrogen-bond donors (Lipinski definition) is 1. The summed E-state index contributed by atoms with van der Waals surface area (Å²) in [7, 11) is 1.67. The van der Waals surface area contributed by atoms with Gasteiger partial charge in [-0.25, -0.2) is 0 Å². The molecule has 0 aromatic carbocycles. The number of aromatic nitrogens is 3. The SMILES string of the molecule is CC(=O)c1nn(C)nc1C(S)C1=NOC(C)(C)C1. The summed E-state index contributed by atoms with van der Waals surface area (Å²) in [6.45, 7) is 5.37. The first-order chi connectivity index (χ1) is 8.30. The van der Waals surface area contributed by atoms with E-state index < -0.39 is 0 Å². The quantitative estimate of drug-likeness (QED) is 0.667. The Kier molecular flexibility index (Phi) is 3.18. The Morgan fingerprint density at radius 1 is 1.50 bits per heavy atom. The molecule has 2 rings (SSSR count). The summed E-state index contributed by atoms with van der Waals surface area (Å²) in [5, 5.41) is 11.9. The molecule has 0 bridgehead atoms. The second-order valence-corrected chi connectivity index (χ2v) is 5.51. The minimum Gasteiger partial charge on any atom is -0.389 e.